The fourth-order valence-corrected chi connectivity index (χ4v) is 4.90. The lowest BCUT2D eigenvalue weighted by molar-refractivity contribution is -0.147. The molecule has 2 amide bonds. The molecule has 5 N–H and O–H groups in total. The third kappa shape index (κ3) is 15.8. The van der Waals surface area contributed by atoms with Gasteiger partial charge in [-0.25, -0.2) is 0 Å². The zero-order chi connectivity index (χ0) is 29.4. The molecule has 0 aliphatic carbocycles. The number of thioether (sulfide) groups is 1. The molecule has 0 saturated heterocycles. The second-order valence-corrected chi connectivity index (χ2v) is 12.4. The van der Waals surface area contributed by atoms with Gasteiger partial charge >= 0.3 is 17.9 Å². The Morgan fingerprint density at radius 1 is 0.816 bits per heavy atom. The van der Waals surface area contributed by atoms with Crippen LogP contribution in [0.3, 0.4) is 0 Å². The van der Waals surface area contributed by atoms with Gasteiger partial charge < -0.3 is 26.0 Å². The van der Waals surface area contributed by atoms with Crippen LogP contribution in [0.25, 0.3) is 0 Å². The van der Waals surface area contributed by atoms with E-state index in [0.717, 1.165) is 43.9 Å². The van der Waals surface area contributed by atoms with E-state index in [2.05, 4.69) is 17.6 Å². The molecule has 220 valence electrons. The molecule has 2 unspecified atom stereocenters. The van der Waals surface area contributed by atoms with Crippen LogP contribution in [0, 0.1) is 11.3 Å². The fourth-order valence-electron chi connectivity index (χ4n) is 3.88. The molecule has 11 heteroatoms. The maximum Gasteiger partial charge on any atom is 0.317 e. The minimum atomic E-state index is -1.21. The minimum Gasteiger partial charge on any atom is -0.481 e. The van der Waals surface area contributed by atoms with Gasteiger partial charge in [-0.3, -0.25) is 24.0 Å². The first-order valence-electron chi connectivity index (χ1n) is 13.5. The van der Waals surface area contributed by atoms with Gasteiger partial charge in [-0.1, -0.05) is 39.0 Å². The smallest absolute Gasteiger partial charge is 0.317 e. The third-order valence-electron chi connectivity index (χ3n) is 6.45. The van der Waals surface area contributed by atoms with Crippen LogP contribution in [0.1, 0.15) is 105 Å². The summed E-state index contributed by atoms with van der Waals surface area (Å²) in [7, 11) is 0. The second-order valence-electron chi connectivity index (χ2n) is 11.1. The number of unbranched alkanes of at least 4 members (excludes halogenated alkanes) is 4. The number of aliphatic carboxylic acids is 3. The van der Waals surface area contributed by atoms with E-state index < -0.39 is 52.4 Å². The number of carbonyl (C=O) groups excluding carboxylic acids is 2. The topological polar surface area (TPSA) is 170 Å². The molecular weight excluding hydrogens is 512 g/mol. The van der Waals surface area contributed by atoms with E-state index in [0.29, 0.717) is 38.0 Å². The number of rotatable bonds is 22. The summed E-state index contributed by atoms with van der Waals surface area (Å²) in [4.78, 5) is 59.6. The third-order valence-corrected chi connectivity index (χ3v) is 7.74. The van der Waals surface area contributed by atoms with Crippen LogP contribution in [0.15, 0.2) is 0 Å². The van der Waals surface area contributed by atoms with Gasteiger partial charge in [-0.2, -0.15) is 0 Å². The second kappa shape index (κ2) is 18.1. The van der Waals surface area contributed by atoms with Gasteiger partial charge in [0.1, 0.15) is 11.2 Å². The summed E-state index contributed by atoms with van der Waals surface area (Å²) in [6.45, 7) is 9.60. The summed E-state index contributed by atoms with van der Waals surface area (Å²) in [6.07, 6.45) is 6.73. The van der Waals surface area contributed by atoms with Crippen molar-refractivity contribution in [2.75, 3.05) is 12.3 Å². The number of nitrogens with one attached hydrogen (secondary N) is 2. The Morgan fingerprint density at radius 2 is 1.45 bits per heavy atom. The summed E-state index contributed by atoms with van der Waals surface area (Å²) in [5, 5.41) is 32.0. The van der Waals surface area contributed by atoms with Gasteiger partial charge in [0.2, 0.25) is 11.8 Å². The Bertz CT molecular complexity index is 785. The number of amides is 2. The van der Waals surface area contributed by atoms with Gasteiger partial charge in [0.15, 0.2) is 0 Å². The van der Waals surface area contributed by atoms with E-state index >= 15 is 0 Å². The van der Waals surface area contributed by atoms with Crippen LogP contribution in [0.5, 0.6) is 0 Å². The van der Waals surface area contributed by atoms with Crippen LogP contribution < -0.4 is 10.6 Å². The van der Waals surface area contributed by atoms with Gasteiger partial charge in [-0.15, -0.1) is 11.8 Å². The molecule has 0 radical (unpaired) electrons. The summed E-state index contributed by atoms with van der Waals surface area (Å²) >= 11 is 0.990. The molecule has 0 spiro atoms. The van der Waals surface area contributed by atoms with Crippen molar-refractivity contribution in [1.82, 2.24) is 10.6 Å². The van der Waals surface area contributed by atoms with Crippen molar-refractivity contribution in [3.05, 3.63) is 0 Å². The lowest BCUT2D eigenvalue weighted by atomic mass is 9.87. The van der Waals surface area contributed by atoms with Crippen molar-refractivity contribution in [1.29, 1.82) is 0 Å². The number of hydrogen-bond donors (Lipinski definition) is 5. The van der Waals surface area contributed by atoms with Crippen LogP contribution in [0.2, 0.25) is 0 Å². The Hall–Kier alpha value is -2.30. The van der Waals surface area contributed by atoms with Crippen LogP contribution in [0.4, 0.5) is 0 Å². The van der Waals surface area contributed by atoms with E-state index in [4.69, 9.17) is 5.11 Å². The quantitative estimate of drug-likeness (QED) is 0.0956. The number of hydrogen-bond acceptors (Lipinski definition) is 6. The molecule has 0 rings (SSSR count). The maximum atomic E-state index is 13.2. The molecule has 0 aromatic carbocycles. The summed E-state index contributed by atoms with van der Waals surface area (Å²) in [5.41, 5.74) is -1.34. The predicted molar refractivity (Wildman–Crippen MR) is 148 cm³/mol. The van der Waals surface area contributed by atoms with Gasteiger partial charge in [0.25, 0.3) is 0 Å². The highest BCUT2D eigenvalue weighted by atomic mass is 32.2. The zero-order valence-electron chi connectivity index (χ0n) is 23.6. The standard InChI is InChI=1S/C27H48N2O8S/c1-6-7-8-9-15-27(4,5)29-23(33)19(13-12-17-38-20(24(34)35)18-21(30)31)22(32)28-16-11-10-14-26(2,3)25(36)37/h19-20H,6-18H2,1-5H3,(H,28,32)(H,29,33)(H,30,31)(H,34,35)(H,36,37). The van der Waals surface area contributed by atoms with E-state index in [1.807, 2.05) is 13.8 Å². The molecule has 38 heavy (non-hydrogen) atoms. The molecule has 2 atom stereocenters. The van der Waals surface area contributed by atoms with Crippen LogP contribution >= 0.6 is 11.8 Å². The molecule has 0 aromatic rings. The fraction of sp³-hybridized carbons (Fsp3) is 0.815. The average Bonchev–Trinajstić information content (AvgIpc) is 2.79. The highest BCUT2D eigenvalue weighted by molar-refractivity contribution is 8.00. The number of carbonyl (C=O) groups is 5. The molecule has 0 aromatic heterocycles. The molecule has 0 heterocycles. The van der Waals surface area contributed by atoms with Gasteiger partial charge in [0, 0.05) is 12.1 Å². The molecule has 0 aliphatic rings. The monoisotopic (exact) mass is 560 g/mol. The van der Waals surface area contributed by atoms with E-state index in [-0.39, 0.29) is 12.3 Å². The first-order valence-corrected chi connectivity index (χ1v) is 14.6. The highest BCUT2D eigenvalue weighted by Crippen LogP contribution is 2.23. The summed E-state index contributed by atoms with van der Waals surface area (Å²) in [6, 6.07) is 0. The zero-order valence-corrected chi connectivity index (χ0v) is 24.5. The molecular formula is C27H48N2O8S. The van der Waals surface area contributed by atoms with Crippen LogP contribution in [-0.4, -0.2) is 68.1 Å². The van der Waals surface area contributed by atoms with E-state index in [1.54, 1.807) is 13.8 Å². The largest absolute Gasteiger partial charge is 0.481 e. The van der Waals surface area contributed by atoms with Crippen molar-refractivity contribution < 1.29 is 39.3 Å². The highest BCUT2D eigenvalue weighted by Gasteiger charge is 2.31. The lowest BCUT2D eigenvalue weighted by Gasteiger charge is -2.29. The van der Waals surface area contributed by atoms with Crippen molar-refractivity contribution in [2.24, 2.45) is 11.3 Å². The van der Waals surface area contributed by atoms with E-state index in [1.165, 1.54) is 0 Å². The molecule has 0 fully saturated rings. The SMILES string of the molecule is CCCCCCC(C)(C)NC(=O)C(CCCSC(CC(=O)O)C(=O)O)C(=O)NCCCCC(C)(C)C(=O)O. The van der Waals surface area contributed by atoms with Crippen LogP contribution in [-0.2, 0) is 24.0 Å². The van der Waals surface area contributed by atoms with Crippen molar-refractivity contribution in [3.63, 3.8) is 0 Å². The average molecular weight is 561 g/mol. The summed E-state index contributed by atoms with van der Waals surface area (Å²) < 4.78 is 0. The maximum absolute atomic E-state index is 13.2. The molecule has 0 saturated carbocycles. The van der Waals surface area contributed by atoms with E-state index in [9.17, 15) is 34.2 Å². The Balaban J connectivity index is 5.07. The minimum absolute atomic E-state index is 0.196. The first kappa shape index (κ1) is 35.7. The van der Waals surface area contributed by atoms with Crippen molar-refractivity contribution >= 4 is 41.5 Å². The van der Waals surface area contributed by atoms with Gasteiger partial charge in [-0.05, 0) is 65.6 Å². The summed E-state index contributed by atoms with van der Waals surface area (Å²) in [5.74, 6) is -4.76. The van der Waals surface area contributed by atoms with Crippen molar-refractivity contribution in [2.45, 2.75) is 116 Å². The Morgan fingerprint density at radius 3 is 2.00 bits per heavy atom. The lowest BCUT2D eigenvalue weighted by Crippen LogP contribution is -2.49. The predicted octanol–water partition coefficient (Wildman–Crippen LogP) is 4.31. The Kier molecular flexibility index (Phi) is 17.0. The van der Waals surface area contributed by atoms with Crippen molar-refractivity contribution in [3.8, 4) is 0 Å². The molecule has 10 nitrogen and oxygen atoms in total. The normalized spacial score (nSPS) is 13.4. The van der Waals surface area contributed by atoms with Gasteiger partial charge in [0.05, 0.1) is 11.8 Å². The number of carboxylic acids is 3. The Labute approximate surface area is 231 Å². The number of carboxylic acid groups (broad SMARTS) is 3. The molecule has 0 bridgehead atoms. The first-order chi connectivity index (χ1) is 17.6. The molecule has 0 aliphatic heterocycles.